The van der Waals surface area contributed by atoms with Crippen LogP contribution >= 0.6 is 0 Å². The molecule has 1 aliphatic rings. The van der Waals surface area contributed by atoms with E-state index >= 15 is 0 Å². The van der Waals surface area contributed by atoms with Crippen LogP contribution in [0.15, 0.2) is 35.4 Å². The molecule has 0 spiro atoms. The summed E-state index contributed by atoms with van der Waals surface area (Å²) in [4.78, 5) is 31.8. The van der Waals surface area contributed by atoms with E-state index < -0.39 is 11.2 Å². The molecule has 30 heavy (non-hydrogen) atoms. The number of nitrogens with two attached hydrogens (primary N) is 1. The maximum atomic E-state index is 12.2. The molecule has 1 aromatic carbocycles. The van der Waals surface area contributed by atoms with Gasteiger partial charge in [0.15, 0.2) is 5.69 Å². The summed E-state index contributed by atoms with van der Waals surface area (Å²) < 4.78 is 11.1. The van der Waals surface area contributed by atoms with E-state index in [-0.39, 0.29) is 17.7 Å². The SMILES string of the molecule is CC(C)(C)OC(=O)N1CCC(CCc2ccc(Oc3nc[nH]c(=O)c3N)cc2)CC1. The third-order valence-corrected chi connectivity index (χ3v) is 5.10. The fraction of sp³-hybridized carbons (Fsp3) is 0.500. The first-order chi connectivity index (χ1) is 14.2. The normalized spacial score (nSPS) is 15.1. The Morgan fingerprint density at radius 1 is 1.23 bits per heavy atom. The molecule has 8 nitrogen and oxygen atoms in total. The second-order valence-corrected chi connectivity index (χ2v) is 8.65. The van der Waals surface area contributed by atoms with Gasteiger partial charge in [0, 0.05) is 13.1 Å². The van der Waals surface area contributed by atoms with Gasteiger partial charge in [0.2, 0.25) is 5.88 Å². The minimum absolute atomic E-state index is 0.0423. The van der Waals surface area contributed by atoms with Crippen LogP contribution in [0.3, 0.4) is 0 Å². The summed E-state index contributed by atoms with van der Waals surface area (Å²) in [7, 11) is 0. The van der Waals surface area contributed by atoms with Gasteiger partial charge in [0.25, 0.3) is 5.56 Å². The number of hydrogen-bond acceptors (Lipinski definition) is 6. The van der Waals surface area contributed by atoms with Crippen molar-refractivity contribution >= 4 is 11.8 Å². The number of aromatic nitrogens is 2. The third-order valence-electron chi connectivity index (χ3n) is 5.10. The van der Waals surface area contributed by atoms with Gasteiger partial charge >= 0.3 is 6.09 Å². The van der Waals surface area contributed by atoms with Crippen molar-refractivity contribution in [2.45, 2.75) is 52.1 Å². The van der Waals surface area contributed by atoms with Crippen molar-refractivity contribution in [1.29, 1.82) is 0 Å². The number of rotatable bonds is 5. The summed E-state index contributed by atoms with van der Waals surface area (Å²) in [5, 5.41) is 0. The molecule has 0 atom stereocenters. The summed E-state index contributed by atoms with van der Waals surface area (Å²) in [5.74, 6) is 1.28. The van der Waals surface area contributed by atoms with Crippen LogP contribution in [0.5, 0.6) is 11.6 Å². The second-order valence-electron chi connectivity index (χ2n) is 8.65. The zero-order valence-corrected chi connectivity index (χ0v) is 17.8. The average Bonchev–Trinajstić information content (AvgIpc) is 2.70. The molecular weight excluding hydrogens is 384 g/mol. The van der Waals surface area contributed by atoms with Crippen LogP contribution in [0, 0.1) is 5.92 Å². The molecule has 0 bridgehead atoms. The average molecular weight is 415 g/mol. The quantitative estimate of drug-likeness (QED) is 0.771. The molecule has 1 aliphatic heterocycles. The molecular formula is C22H30N4O4. The smallest absolute Gasteiger partial charge is 0.410 e. The van der Waals surface area contributed by atoms with Crippen molar-refractivity contribution in [1.82, 2.24) is 14.9 Å². The van der Waals surface area contributed by atoms with Crippen LogP contribution in [0.2, 0.25) is 0 Å². The number of carbonyl (C=O) groups excluding carboxylic acids is 1. The second kappa shape index (κ2) is 9.19. The van der Waals surface area contributed by atoms with E-state index in [2.05, 4.69) is 9.97 Å². The number of amides is 1. The highest BCUT2D eigenvalue weighted by atomic mass is 16.6. The van der Waals surface area contributed by atoms with Gasteiger partial charge < -0.3 is 25.1 Å². The highest BCUT2D eigenvalue weighted by Gasteiger charge is 2.26. The topological polar surface area (TPSA) is 111 Å². The molecule has 3 rings (SSSR count). The summed E-state index contributed by atoms with van der Waals surface area (Å²) in [6.45, 7) is 7.16. The number of aromatic amines is 1. The molecule has 1 fully saturated rings. The van der Waals surface area contributed by atoms with E-state index in [1.807, 2.05) is 49.9 Å². The Morgan fingerprint density at radius 2 is 1.90 bits per heavy atom. The van der Waals surface area contributed by atoms with E-state index in [0.717, 1.165) is 38.8 Å². The fourth-order valence-corrected chi connectivity index (χ4v) is 3.41. The Morgan fingerprint density at radius 3 is 2.53 bits per heavy atom. The number of H-pyrrole nitrogens is 1. The van der Waals surface area contributed by atoms with Crippen LogP contribution < -0.4 is 16.0 Å². The van der Waals surface area contributed by atoms with Crippen molar-refractivity contribution in [2.24, 2.45) is 5.92 Å². The number of benzene rings is 1. The number of hydrogen-bond donors (Lipinski definition) is 2. The molecule has 1 amide bonds. The number of anilines is 1. The van der Waals surface area contributed by atoms with E-state index in [4.69, 9.17) is 15.2 Å². The number of nitrogens with zero attached hydrogens (tertiary/aromatic N) is 2. The van der Waals surface area contributed by atoms with Crippen molar-refractivity contribution < 1.29 is 14.3 Å². The summed E-state index contributed by atoms with van der Waals surface area (Å²) in [6, 6.07) is 7.72. The maximum absolute atomic E-state index is 12.2. The molecule has 0 saturated carbocycles. The standard InChI is InChI=1S/C22H30N4O4/c1-22(2,3)30-21(28)26-12-10-16(11-13-26)5-4-15-6-8-17(9-7-15)29-20-18(23)19(27)24-14-25-20/h6-9,14,16H,4-5,10-13,23H2,1-3H3,(H,24,25,27). The minimum Gasteiger partial charge on any atom is -0.444 e. The largest absolute Gasteiger partial charge is 0.444 e. The molecule has 2 heterocycles. The lowest BCUT2D eigenvalue weighted by atomic mass is 9.90. The highest BCUT2D eigenvalue weighted by Crippen LogP contribution is 2.26. The lowest BCUT2D eigenvalue weighted by molar-refractivity contribution is 0.0181. The highest BCUT2D eigenvalue weighted by molar-refractivity contribution is 5.68. The molecule has 8 heteroatoms. The van der Waals surface area contributed by atoms with Crippen molar-refractivity contribution in [3.8, 4) is 11.6 Å². The summed E-state index contributed by atoms with van der Waals surface area (Å²) in [6.07, 6.45) is 5.07. The van der Waals surface area contributed by atoms with Crippen molar-refractivity contribution in [3.05, 3.63) is 46.5 Å². The maximum Gasteiger partial charge on any atom is 0.410 e. The van der Waals surface area contributed by atoms with Gasteiger partial charge in [-0.15, -0.1) is 0 Å². The number of piperidine rings is 1. The molecule has 162 valence electrons. The number of ether oxygens (including phenoxy) is 2. The van der Waals surface area contributed by atoms with Crippen LogP contribution in [-0.2, 0) is 11.2 Å². The van der Waals surface area contributed by atoms with Crippen molar-refractivity contribution in [3.63, 3.8) is 0 Å². The van der Waals surface area contributed by atoms with Gasteiger partial charge in [-0.05, 0) is 70.1 Å². The molecule has 0 radical (unpaired) electrons. The van der Waals surface area contributed by atoms with Gasteiger partial charge in [-0.2, -0.15) is 0 Å². The zero-order chi connectivity index (χ0) is 21.7. The van der Waals surface area contributed by atoms with E-state index in [1.165, 1.54) is 11.9 Å². The predicted molar refractivity (Wildman–Crippen MR) is 115 cm³/mol. The Hall–Kier alpha value is -3.03. The number of nitrogen functional groups attached to an aromatic ring is 1. The summed E-state index contributed by atoms with van der Waals surface area (Å²) in [5.41, 5.74) is 5.98. The molecule has 1 saturated heterocycles. The molecule has 0 unspecified atom stereocenters. The molecule has 3 N–H and O–H groups in total. The van der Waals surface area contributed by atoms with E-state index in [1.54, 1.807) is 0 Å². The van der Waals surface area contributed by atoms with Crippen LogP contribution in [-0.4, -0.2) is 39.7 Å². The lowest BCUT2D eigenvalue weighted by Crippen LogP contribution is -2.41. The van der Waals surface area contributed by atoms with Gasteiger partial charge in [-0.25, -0.2) is 9.78 Å². The van der Waals surface area contributed by atoms with Crippen LogP contribution in [0.4, 0.5) is 10.5 Å². The third kappa shape index (κ3) is 5.98. The Balaban J connectivity index is 1.45. The predicted octanol–water partition coefficient (Wildman–Crippen LogP) is 3.72. The first-order valence-electron chi connectivity index (χ1n) is 10.3. The lowest BCUT2D eigenvalue weighted by Gasteiger charge is -2.33. The number of likely N-dealkylation sites (tertiary alicyclic amines) is 1. The zero-order valence-electron chi connectivity index (χ0n) is 17.8. The summed E-state index contributed by atoms with van der Waals surface area (Å²) >= 11 is 0. The van der Waals surface area contributed by atoms with Gasteiger partial charge in [-0.1, -0.05) is 12.1 Å². The van der Waals surface area contributed by atoms with Gasteiger partial charge in [-0.3, -0.25) is 4.79 Å². The molecule has 1 aromatic heterocycles. The van der Waals surface area contributed by atoms with Crippen molar-refractivity contribution in [2.75, 3.05) is 18.8 Å². The first kappa shape index (κ1) is 21.7. The Kier molecular flexibility index (Phi) is 6.64. The molecule has 0 aliphatic carbocycles. The van der Waals surface area contributed by atoms with Gasteiger partial charge in [0.1, 0.15) is 11.4 Å². The fourth-order valence-electron chi connectivity index (χ4n) is 3.41. The Labute approximate surface area is 176 Å². The monoisotopic (exact) mass is 414 g/mol. The number of aryl methyl sites for hydroxylation is 1. The van der Waals surface area contributed by atoms with Crippen LogP contribution in [0.1, 0.15) is 45.6 Å². The number of carbonyl (C=O) groups is 1. The molecule has 2 aromatic rings. The number of nitrogens with one attached hydrogen (secondary N) is 1. The van der Waals surface area contributed by atoms with E-state index in [9.17, 15) is 9.59 Å². The van der Waals surface area contributed by atoms with Gasteiger partial charge in [0.05, 0.1) is 6.33 Å². The van der Waals surface area contributed by atoms with Crippen LogP contribution in [0.25, 0.3) is 0 Å². The Bertz CT molecular complexity index is 910. The minimum atomic E-state index is -0.457. The first-order valence-corrected chi connectivity index (χ1v) is 10.3. The van der Waals surface area contributed by atoms with E-state index in [0.29, 0.717) is 11.7 Å².